The maximum atomic E-state index is 11.7. The second kappa shape index (κ2) is 12.3. The first-order valence-electron chi connectivity index (χ1n) is 10.5. The lowest BCUT2D eigenvalue weighted by Crippen LogP contribution is -2.19. The third-order valence-electron chi connectivity index (χ3n) is 5.09. The number of nitrogens with zero attached hydrogens (tertiary/aromatic N) is 2. The summed E-state index contributed by atoms with van der Waals surface area (Å²) in [5, 5.41) is 9.61. The number of benzene rings is 1. The van der Waals surface area contributed by atoms with E-state index >= 15 is 0 Å². The maximum absolute atomic E-state index is 11.7. The van der Waals surface area contributed by atoms with E-state index in [1.165, 1.54) is 57.8 Å². The van der Waals surface area contributed by atoms with Gasteiger partial charge in [0.1, 0.15) is 0 Å². The van der Waals surface area contributed by atoms with Crippen molar-refractivity contribution in [2.24, 2.45) is 0 Å². The van der Waals surface area contributed by atoms with Crippen LogP contribution in [0, 0.1) is 0 Å². The summed E-state index contributed by atoms with van der Waals surface area (Å²) in [5.41, 5.74) is 1.75. The molecule has 1 N–H and O–H groups in total. The number of carboxylic acid groups (broad SMARTS) is 1. The zero-order chi connectivity index (χ0) is 19.3. The topological polar surface area (TPSA) is 55.1 Å². The van der Waals surface area contributed by atoms with Crippen molar-refractivity contribution in [1.29, 1.82) is 0 Å². The first-order chi connectivity index (χ1) is 13.2. The van der Waals surface area contributed by atoms with E-state index in [0.29, 0.717) is 0 Å². The Hall–Kier alpha value is -2.10. The van der Waals surface area contributed by atoms with Gasteiger partial charge in [0.25, 0.3) is 0 Å². The Morgan fingerprint density at radius 2 is 1.56 bits per heavy atom. The van der Waals surface area contributed by atoms with Gasteiger partial charge < -0.3 is 9.67 Å². The zero-order valence-electron chi connectivity index (χ0n) is 16.6. The van der Waals surface area contributed by atoms with E-state index in [1.807, 2.05) is 36.5 Å². The minimum atomic E-state index is -0.857. The van der Waals surface area contributed by atoms with Crippen molar-refractivity contribution in [2.75, 3.05) is 0 Å². The van der Waals surface area contributed by atoms with Gasteiger partial charge in [0.15, 0.2) is 6.04 Å². The summed E-state index contributed by atoms with van der Waals surface area (Å²) in [6.07, 6.45) is 17.6. The summed E-state index contributed by atoms with van der Waals surface area (Å²) in [4.78, 5) is 16.1. The molecule has 0 fully saturated rings. The molecule has 27 heavy (non-hydrogen) atoms. The molecule has 1 aromatic heterocycles. The van der Waals surface area contributed by atoms with Crippen molar-refractivity contribution in [2.45, 2.75) is 83.6 Å². The largest absolute Gasteiger partial charge is 0.479 e. The van der Waals surface area contributed by atoms with Gasteiger partial charge in [0.2, 0.25) is 0 Å². The standard InChI is InChI=1S/C23H34N2O2/c1-2-3-4-5-6-7-8-9-10-14-17-21-18-25(19-24-21)22(23(26)27)20-15-12-11-13-16-20/h11-13,15-16,18-19,22H,2-10,14,17H2,1H3,(H,26,27). The molecule has 0 saturated carbocycles. The second-order valence-corrected chi connectivity index (χ2v) is 7.40. The fourth-order valence-corrected chi connectivity index (χ4v) is 3.52. The number of carboxylic acids is 1. The molecule has 1 aromatic carbocycles. The number of aliphatic carboxylic acids is 1. The van der Waals surface area contributed by atoms with Crippen LogP contribution < -0.4 is 0 Å². The Balaban J connectivity index is 1.69. The third kappa shape index (κ3) is 7.58. The first-order valence-corrected chi connectivity index (χ1v) is 10.5. The molecule has 0 bridgehead atoms. The SMILES string of the molecule is CCCCCCCCCCCCc1cn(C(C(=O)O)c2ccccc2)cn1. The van der Waals surface area contributed by atoms with Crippen molar-refractivity contribution in [1.82, 2.24) is 9.55 Å². The Labute approximate surface area is 163 Å². The molecule has 1 unspecified atom stereocenters. The molecule has 0 aliphatic rings. The highest BCUT2D eigenvalue weighted by molar-refractivity contribution is 5.76. The van der Waals surface area contributed by atoms with E-state index in [9.17, 15) is 9.90 Å². The molecular formula is C23H34N2O2. The van der Waals surface area contributed by atoms with E-state index in [4.69, 9.17) is 0 Å². The summed E-state index contributed by atoms with van der Waals surface area (Å²) in [6, 6.07) is 8.62. The van der Waals surface area contributed by atoms with E-state index in [-0.39, 0.29) is 0 Å². The summed E-state index contributed by atoms with van der Waals surface area (Å²) >= 11 is 0. The Bertz CT molecular complexity index is 651. The number of imidazole rings is 1. The zero-order valence-corrected chi connectivity index (χ0v) is 16.6. The van der Waals surface area contributed by atoms with Crippen molar-refractivity contribution >= 4 is 5.97 Å². The molecule has 148 valence electrons. The average Bonchev–Trinajstić information content (AvgIpc) is 3.12. The van der Waals surface area contributed by atoms with Crippen LogP contribution in [-0.4, -0.2) is 20.6 Å². The van der Waals surface area contributed by atoms with Crippen LogP contribution in [0.5, 0.6) is 0 Å². The van der Waals surface area contributed by atoms with Crippen LogP contribution >= 0.6 is 0 Å². The van der Waals surface area contributed by atoms with Crippen LogP contribution in [0.3, 0.4) is 0 Å². The molecule has 0 radical (unpaired) electrons. The summed E-state index contributed by atoms with van der Waals surface area (Å²) in [6.45, 7) is 2.26. The van der Waals surface area contributed by atoms with Gasteiger partial charge in [-0.3, -0.25) is 0 Å². The van der Waals surface area contributed by atoms with Gasteiger partial charge in [-0.25, -0.2) is 9.78 Å². The molecule has 0 amide bonds. The minimum Gasteiger partial charge on any atom is -0.479 e. The molecule has 1 heterocycles. The van der Waals surface area contributed by atoms with Crippen LogP contribution in [0.25, 0.3) is 0 Å². The number of unbranched alkanes of at least 4 members (excludes halogenated alkanes) is 9. The molecular weight excluding hydrogens is 336 g/mol. The lowest BCUT2D eigenvalue weighted by Gasteiger charge is -2.13. The molecule has 4 heteroatoms. The smallest absolute Gasteiger partial charge is 0.331 e. The number of hydrogen-bond donors (Lipinski definition) is 1. The maximum Gasteiger partial charge on any atom is 0.331 e. The summed E-state index contributed by atoms with van der Waals surface area (Å²) < 4.78 is 1.71. The molecule has 2 aromatic rings. The van der Waals surface area contributed by atoms with Crippen LogP contribution in [-0.2, 0) is 11.2 Å². The van der Waals surface area contributed by atoms with E-state index in [2.05, 4.69) is 11.9 Å². The average molecular weight is 371 g/mol. The van der Waals surface area contributed by atoms with Gasteiger partial charge in [-0.2, -0.15) is 0 Å². The predicted octanol–water partition coefficient (Wildman–Crippen LogP) is 6.02. The van der Waals surface area contributed by atoms with Crippen molar-refractivity contribution in [3.05, 3.63) is 54.1 Å². The van der Waals surface area contributed by atoms with Gasteiger partial charge in [-0.05, 0) is 18.4 Å². The Morgan fingerprint density at radius 3 is 2.15 bits per heavy atom. The summed E-state index contributed by atoms with van der Waals surface area (Å²) in [7, 11) is 0. The van der Waals surface area contributed by atoms with Crippen molar-refractivity contribution in [3.8, 4) is 0 Å². The molecule has 1 atom stereocenters. The molecule has 0 saturated heterocycles. The van der Waals surface area contributed by atoms with Crippen molar-refractivity contribution < 1.29 is 9.90 Å². The van der Waals surface area contributed by atoms with Crippen LogP contribution in [0.15, 0.2) is 42.9 Å². The number of carbonyl (C=O) groups is 1. The molecule has 0 aliphatic carbocycles. The highest BCUT2D eigenvalue weighted by Crippen LogP contribution is 2.19. The van der Waals surface area contributed by atoms with Crippen LogP contribution in [0.4, 0.5) is 0 Å². The highest BCUT2D eigenvalue weighted by atomic mass is 16.4. The van der Waals surface area contributed by atoms with Gasteiger partial charge in [-0.1, -0.05) is 95.0 Å². The fourth-order valence-electron chi connectivity index (χ4n) is 3.52. The normalized spacial score (nSPS) is 12.2. The minimum absolute atomic E-state index is 0.708. The van der Waals surface area contributed by atoms with E-state index in [1.54, 1.807) is 10.9 Å². The number of aromatic nitrogens is 2. The Kier molecular flexibility index (Phi) is 9.67. The Morgan fingerprint density at radius 1 is 0.963 bits per heavy atom. The van der Waals surface area contributed by atoms with E-state index < -0.39 is 12.0 Å². The van der Waals surface area contributed by atoms with E-state index in [0.717, 1.165) is 24.1 Å². The predicted molar refractivity (Wildman–Crippen MR) is 110 cm³/mol. The number of rotatable bonds is 14. The third-order valence-corrected chi connectivity index (χ3v) is 5.09. The van der Waals surface area contributed by atoms with Gasteiger partial charge in [0.05, 0.1) is 12.0 Å². The van der Waals surface area contributed by atoms with Gasteiger partial charge >= 0.3 is 5.97 Å². The second-order valence-electron chi connectivity index (χ2n) is 7.40. The monoisotopic (exact) mass is 370 g/mol. The fraction of sp³-hybridized carbons (Fsp3) is 0.565. The quantitative estimate of drug-likeness (QED) is 0.414. The number of aryl methyl sites for hydroxylation is 1. The molecule has 0 spiro atoms. The van der Waals surface area contributed by atoms with Crippen LogP contribution in [0.1, 0.15) is 88.4 Å². The van der Waals surface area contributed by atoms with Gasteiger partial charge in [0, 0.05) is 6.20 Å². The molecule has 4 nitrogen and oxygen atoms in total. The summed E-state index contributed by atoms with van der Waals surface area (Å²) in [5.74, 6) is -0.857. The lowest BCUT2D eigenvalue weighted by atomic mass is 10.1. The highest BCUT2D eigenvalue weighted by Gasteiger charge is 2.21. The van der Waals surface area contributed by atoms with Gasteiger partial charge in [-0.15, -0.1) is 0 Å². The molecule has 2 rings (SSSR count). The lowest BCUT2D eigenvalue weighted by molar-refractivity contribution is -0.139. The molecule has 0 aliphatic heterocycles. The first kappa shape index (κ1) is 21.2. The number of hydrogen-bond acceptors (Lipinski definition) is 2. The van der Waals surface area contributed by atoms with Crippen molar-refractivity contribution in [3.63, 3.8) is 0 Å². The van der Waals surface area contributed by atoms with Crippen LogP contribution in [0.2, 0.25) is 0 Å².